The smallest absolute Gasteiger partial charge is 0.266 e. The zero-order valence-corrected chi connectivity index (χ0v) is 14.0. The molecule has 2 rings (SSSR count). The van der Waals surface area contributed by atoms with Crippen LogP contribution in [-0.2, 0) is 4.79 Å². The molecule has 0 spiro atoms. The number of para-hydroxylation sites is 1. The van der Waals surface area contributed by atoms with E-state index in [1.807, 2.05) is 35.7 Å². The van der Waals surface area contributed by atoms with E-state index < -0.39 is 5.91 Å². The van der Waals surface area contributed by atoms with E-state index in [9.17, 15) is 4.79 Å². The summed E-state index contributed by atoms with van der Waals surface area (Å²) in [5.41, 5.74) is 1.51. The van der Waals surface area contributed by atoms with E-state index in [4.69, 9.17) is 5.26 Å². The van der Waals surface area contributed by atoms with Crippen LogP contribution in [-0.4, -0.2) is 5.91 Å². The van der Waals surface area contributed by atoms with Gasteiger partial charge in [-0.15, -0.1) is 11.3 Å². The second kappa shape index (κ2) is 6.84. The third-order valence-electron chi connectivity index (χ3n) is 2.39. The third kappa shape index (κ3) is 3.79. The van der Waals surface area contributed by atoms with Crippen molar-refractivity contribution in [1.29, 1.82) is 5.26 Å². The van der Waals surface area contributed by atoms with Gasteiger partial charge in [0.1, 0.15) is 11.6 Å². The van der Waals surface area contributed by atoms with Gasteiger partial charge in [-0.2, -0.15) is 5.26 Å². The Morgan fingerprint density at radius 3 is 2.70 bits per heavy atom. The third-order valence-corrected chi connectivity index (χ3v) is 4.60. The Balaban J connectivity index is 2.21. The standard InChI is InChI=1S/C14H8Br2N2OS/c15-11-3-1-2-4-12(11)18-14(19)10(7-17)5-9-6-13(16)20-8-9/h1-6,8H,(H,18,19)/b10-5-. The van der Waals surface area contributed by atoms with Crippen molar-refractivity contribution in [3.05, 3.63) is 55.1 Å². The Hall–Kier alpha value is -1.42. The van der Waals surface area contributed by atoms with Crippen LogP contribution in [0, 0.1) is 11.3 Å². The lowest BCUT2D eigenvalue weighted by molar-refractivity contribution is -0.112. The maximum Gasteiger partial charge on any atom is 0.266 e. The first-order valence-corrected chi connectivity index (χ1v) is 7.98. The van der Waals surface area contributed by atoms with E-state index in [1.54, 1.807) is 12.1 Å². The molecule has 2 aromatic rings. The molecule has 20 heavy (non-hydrogen) atoms. The number of amides is 1. The zero-order chi connectivity index (χ0) is 14.5. The molecule has 1 N–H and O–H groups in total. The van der Waals surface area contributed by atoms with Gasteiger partial charge in [0.25, 0.3) is 5.91 Å². The first kappa shape index (κ1) is 15.0. The fourth-order valence-electron chi connectivity index (χ4n) is 1.47. The molecular weight excluding hydrogens is 404 g/mol. The molecule has 0 atom stereocenters. The number of benzene rings is 1. The highest BCUT2D eigenvalue weighted by Crippen LogP contribution is 2.24. The molecule has 0 unspecified atom stereocenters. The van der Waals surface area contributed by atoms with Gasteiger partial charge in [0.15, 0.2) is 0 Å². The normalized spacial score (nSPS) is 10.9. The van der Waals surface area contributed by atoms with E-state index in [2.05, 4.69) is 37.2 Å². The van der Waals surface area contributed by atoms with E-state index >= 15 is 0 Å². The van der Waals surface area contributed by atoms with Gasteiger partial charge in [-0.1, -0.05) is 12.1 Å². The maximum atomic E-state index is 12.1. The molecular formula is C14H8Br2N2OS. The second-order valence-corrected chi connectivity index (χ2v) is 6.93. The summed E-state index contributed by atoms with van der Waals surface area (Å²) in [6.07, 6.45) is 1.56. The molecule has 1 aromatic heterocycles. The zero-order valence-electron chi connectivity index (χ0n) is 10.1. The van der Waals surface area contributed by atoms with Crippen molar-refractivity contribution in [3.63, 3.8) is 0 Å². The van der Waals surface area contributed by atoms with Crippen molar-refractivity contribution in [2.45, 2.75) is 0 Å². The fourth-order valence-corrected chi connectivity index (χ4v) is 2.98. The lowest BCUT2D eigenvalue weighted by Gasteiger charge is -2.05. The van der Waals surface area contributed by atoms with Crippen LogP contribution in [0.3, 0.4) is 0 Å². The van der Waals surface area contributed by atoms with Gasteiger partial charge in [-0.25, -0.2) is 0 Å². The van der Waals surface area contributed by atoms with Crippen molar-refractivity contribution in [2.75, 3.05) is 5.32 Å². The van der Waals surface area contributed by atoms with Gasteiger partial charge in [0, 0.05) is 4.47 Å². The van der Waals surface area contributed by atoms with Gasteiger partial charge in [-0.3, -0.25) is 4.79 Å². The Kier molecular flexibility index (Phi) is 5.12. The predicted molar refractivity (Wildman–Crippen MR) is 88.4 cm³/mol. The van der Waals surface area contributed by atoms with Crippen LogP contribution in [0.1, 0.15) is 5.56 Å². The average molecular weight is 412 g/mol. The number of rotatable bonds is 3. The number of halogens is 2. The molecule has 0 fully saturated rings. The average Bonchev–Trinajstić information content (AvgIpc) is 2.84. The van der Waals surface area contributed by atoms with Crippen LogP contribution in [0.25, 0.3) is 6.08 Å². The summed E-state index contributed by atoms with van der Waals surface area (Å²) in [5.74, 6) is -0.429. The molecule has 1 amide bonds. The molecule has 0 radical (unpaired) electrons. The monoisotopic (exact) mass is 410 g/mol. The van der Waals surface area contributed by atoms with Gasteiger partial charge in [-0.05, 0) is 67.1 Å². The lowest BCUT2D eigenvalue weighted by atomic mass is 10.2. The summed E-state index contributed by atoms with van der Waals surface area (Å²) in [7, 11) is 0. The number of hydrogen-bond donors (Lipinski definition) is 1. The molecule has 1 heterocycles. The summed E-state index contributed by atoms with van der Waals surface area (Å²) in [4.78, 5) is 12.1. The van der Waals surface area contributed by atoms with Crippen LogP contribution in [0.5, 0.6) is 0 Å². The van der Waals surface area contributed by atoms with Crippen LogP contribution in [0.4, 0.5) is 5.69 Å². The number of carbonyl (C=O) groups is 1. The highest BCUT2D eigenvalue weighted by Gasteiger charge is 2.11. The quantitative estimate of drug-likeness (QED) is 0.581. The minimum absolute atomic E-state index is 0.0612. The Labute approximate surface area is 137 Å². The molecule has 1 aromatic carbocycles. The summed E-state index contributed by atoms with van der Waals surface area (Å²) in [6, 6.07) is 11.0. The maximum absolute atomic E-state index is 12.1. The summed E-state index contributed by atoms with van der Waals surface area (Å²) < 4.78 is 1.72. The molecule has 0 saturated heterocycles. The van der Waals surface area contributed by atoms with Crippen LogP contribution >= 0.6 is 43.2 Å². The number of anilines is 1. The van der Waals surface area contributed by atoms with Gasteiger partial charge in [0.2, 0.25) is 0 Å². The number of nitriles is 1. The first-order chi connectivity index (χ1) is 9.60. The Bertz CT molecular complexity index is 716. The molecule has 6 heteroatoms. The highest BCUT2D eigenvalue weighted by molar-refractivity contribution is 9.11. The molecule has 3 nitrogen and oxygen atoms in total. The predicted octanol–water partition coefficient (Wildman–Crippen LogP) is 4.82. The molecule has 0 aliphatic heterocycles. The van der Waals surface area contributed by atoms with E-state index in [0.717, 1.165) is 13.8 Å². The van der Waals surface area contributed by atoms with Gasteiger partial charge >= 0.3 is 0 Å². The van der Waals surface area contributed by atoms with E-state index in [0.29, 0.717) is 5.69 Å². The number of carbonyl (C=O) groups excluding carboxylic acids is 1. The van der Waals surface area contributed by atoms with Gasteiger partial charge in [0.05, 0.1) is 9.47 Å². The number of nitrogens with one attached hydrogen (secondary N) is 1. The summed E-state index contributed by atoms with van der Waals surface area (Å²) in [5, 5.41) is 13.7. The van der Waals surface area contributed by atoms with Gasteiger partial charge < -0.3 is 5.32 Å². The minimum Gasteiger partial charge on any atom is -0.320 e. The minimum atomic E-state index is -0.429. The highest BCUT2D eigenvalue weighted by atomic mass is 79.9. The topological polar surface area (TPSA) is 52.9 Å². The Morgan fingerprint density at radius 2 is 2.10 bits per heavy atom. The molecule has 0 aliphatic carbocycles. The van der Waals surface area contributed by atoms with Crippen LogP contribution in [0.15, 0.2) is 49.5 Å². The summed E-state index contributed by atoms with van der Waals surface area (Å²) >= 11 is 8.19. The fraction of sp³-hybridized carbons (Fsp3) is 0. The van der Waals surface area contributed by atoms with Crippen molar-refractivity contribution < 1.29 is 4.79 Å². The molecule has 100 valence electrons. The van der Waals surface area contributed by atoms with Crippen molar-refractivity contribution in [2.24, 2.45) is 0 Å². The number of nitrogens with zero attached hydrogens (tertiary/aromatic N) is 1. The van der Waals surface area contributed by atoms with Crippen molar-refractivity contribution in [3.8, 4) is 6.07 Å². The van der Waals surface area contributed by atoms with Crippen molar-refractivity contribution in [1.82, 2.24) is 0 Å². The van der Waals surface area contributed by atoms with Crippen LogP contribution < -0.4 is 5.32 Å². The van der Waals surface area contributed by atoms with E-state index in [1.165, 1.54) is 11.3 Å². The van der Waals surface area contributed by atoms with E-state index in [-0.39, 0.29) is 5.57 Å². The largest absolute Gasteiger partial charge is 0.320 e. The van der Waals surface area contributed by atoms with Crippen molar-refractivity contribution >= 4 is 60.9 Å². The number of thiophene rings is 1. The first-order valence-electron chi connectivity index (χ1n) is 5.52. The lowest BCUT2D eigenvalue weighted by Crippen LogP contribution is -2.13. The summed E-state index contributed by atoms with van der Waals surface area (Å²) in [6.45, 7) is 0. The SMILES string of the molecule is N#C/C(=C/c1csc(Br)c1)C(=O)Nc1ccccc1Br. The number of hydrogen-bond acceptors (Lipinski definition) is 3. The molecule has 0 aliphatic rings. The van der Waals surface area contributed by atoms with Crippen LogP contribution in [0.2, 0.25) is 0 Å². The molecule has 0 bridgehead atoms. The Morgan fingerprint density at radius 1 is 1.35 bits per heavy atom. The second-order valence-electron chi connectivity index (χ2n) is 3.79. The molecule has 0 saturated carbocycles.